The molecule has 1 heterocycles. The van der Waals surface area contributed by atoms with Gasteiger partial charge >= 0.3 is 0 Å². The van der Waals surface area contributed by atoms with Crippen LogP contribution in [0.3, 0.4) is 0 Å². The second-order valence-corrected chi connectivity index (χ2v) is 7.38. The standard InChI is InChI=1S/C20H27FN2O3/c1-26-17-8-4-10-20(17)11-5-13-23(14-20)18(24)9-12-22-19(25)15-6-2-3-7-16(15)21/h2-3,6-7,17H,4-5,8-14H2,1H3,(H,22,25)/t17-,20-/m1/s1. The Morgan fingerprint density at radius 2 is 2.08 bits per heavy atom. The van der Waals surface area contributed by atoms with Gasteiger partial charge in [0.05, 0.1) is 11.7 Å². The van der Waals surface area contributed by atoms with Crippen molar-refractivity contribution in [1.82, 2.24) is 10.2 Å². The molecule has 1 saturated heterocycles. The highest BCUT2D eigenvalue weighted by Crippen LogP contribution is 2.46. The second-order valence-electron chi connectivity index (χ2n) is 7.38. The van der Waals surface area contributed by atoms with Crippen LogP contribution in [0, 0.1) is 11.2 Å². The van der Waals surface area contributed by atoms with Gasteiger partial charge in [-0.2, -0.15) is 0 Å². The van der Waals surface area contributed by atoms with Crippen LogP contribution < -0.4 is 5.32 Å². The molecule has 1 aromatic rings. The number of hydrogen-bond acceptors (Lipinski definition) is 3. The quantitative estimate of drug-likeness (QED) is 0.876. The largest absolute Gasteiger partial charge is 0.381 e. The van der Waals surface area contributed by atoms with Crippen LogP contribution in [0.15, 0.2) is 24.3 Å². The molecule has 2 amide bonds. The number of methoxy groups -OCH3 is 1. The SMILES string of the molecule is CO[C@@H]1CCC[C@]12CCCN(C(=O)CCNC(=O)c1ccccc1F)C2. The third kappa shape index (κ3) is 3.90. The molecule has 1 aliphatic heterocycles. The second kappa shape index (κ2) is 8.16. The van der Waals surface area contributed by atoms with E-state index >= 15 is 0 Å². The molecule has 26 heavy (non-hydrogen) atoms. The molecule has 0 bridgehead atoms. The molecule has 3 rings (SSSR count). The zero-order chi connectivity index (χ0) is 18.6. The maximum Gasteiger partial charge on any atom is 0.254 e. The summed E-state index contributed by atoms with van der Waals surface area (Å²) in [6.45, 7) is 1.72. The number of halogens is 1. The number of piperidine rings is 1. The summed E-state index contributed by atoms with van der Waals surface area (Å²) in [4.78, 5) is 26.5. The number of hydrogen-bond donors (Lipinski definition) is 1. The molecule has 142 valence electrons. The van der Waals surface area contributed by atoms with Gasteiger partial charge in [-0.25, -0.2) is 4.39 Å². The van der Waals surface area contributed by atoms with E-state index in [9.17, 15) is 14.0 Å². The van der Waals surface area contributed by atoms with Gasteiger partial charge in [-0.1, -0.05) is 18.6 Å². The smallest absolute Gasteiger partial charge is 0.254 e. The number of ether oxygens (including phenoxy) is 1. The molecular weight excluding hydrogens is 335 g/mol. The molecule has 1 saturated carbocycles. The van der Waals surface area contributed by atoms with Crippen molar-refractivity contribution in [2.24, 2.45) is 5.41 Å². The number of rotatable bonds is 5. The van der Waals surface area contributed by atoms with Crippen molar-refractivity contribution < 1.29 is 18.7 Å². The number of nitrogens with zero attached hydrogens (tertiary/aromatic N) is 1. The van der Waals surface area contributed by atoms with Crippen LogP contribution in [-0.2, 0) is 9.53 Å². The third-order valence-electron chi connectivity index (χ3n) is 5.81. The molecule has 2 atom stereocenters. The Hall–Kier alpha value is -1.95. The van der Waals surface area contributed by atoms with Crippen LogP contribution in [0.2, 0.25) is 0 Å². The minimum Gasteiger partial charge on any atom is -0.381 e. The average Bonchev–Trinajstić information content (AvgIpc) is 3.03. The highest BCUT2D eigenvalue weighted by Gasteiger charge is 2.46. The maximum absolute atomic E-state index is 13.6. The Morgan fingerprint density at radius 3 is 2.85 bits per heavy atom. The van der Waals surface area contributed by atoms with E-state index < -0.39 is 11.7 Å². The number of carbonyl (C=O) groups is 2. The lowest BCUT2D eigenvalue weighted by molar-refractivity contribution is -0.137. The number of nitrogens with one attached hydrogen (secondary N) is 1. The molecule has 5 nitrogen and oxygen atoms in total. The van der Waals surface area contributed by atoms with E-state index in [-0.39, 0.29) is 36.0 Å². The summed E-state index contributed by atoms with van der Waals surface area (Å²) in [5.41, 5.74) is 0.102. The van der Waals surface area contributed by atoms with Crippen molar-refractivity contribution >= 4 is 11.8 Å². The van der Waals surface area contributed by atoms with Gasteiger partial charge in [0.2, 0.25) is 5.91 Å². The summed E-state index contributed by atoms with van der Waals surface area (Å²) >= 11 is 0. The summed E-state index contributed by atoms with van der Waals surface area (Å²) in [5.74, 6) is -0.998. The van der Waals surface area contributed by atoms with Gasteiger partial charge in [-0.05, 0) is 37.8 Å². The molecule has 2 fully saturated rings. The third-order valence-corrected chi connectivity index (χ3v) is 5.81. The van der Waals surface area contributed by atoms with E-state index in [1.165, 1.54) is 18.2 Å². The Kier molecular flexibility index (Phi) is 5.91. The highest BCUT2D eigenvalue weighted by molar-refractivity contribution is 5.94. The summed E-state index contributed by atoms with van der Waals surface area (Å²) in [7, 11) is 1.76. The molecular formula is C20H27FN2O3. The number of benzene rings is 1. The van der Waals surface area contributed by atoms with E-state index in [0.717, 1.165) is 45.2 Å². The minimum atomic E-state index is -0.555. The summed E-state index contributed by atoms with van der Waals surface area (Å²) in [5, 5.41) is 2.64. The van der Waals surface area contributed by atoms with Crippen LogP contribution in [0.4, 0.5) is 4.39 Å². The first-order chi connectivity index (χ1) is 12.6. The van der Waals surface area contributed by atoms with Gasteiger partial charge < -0.3 is 15.0 Å². The fourth-order valence-corrected chi connectivity index (χ4v) is 4.50. The molecule has 0 unspecified atom stereocenters. The Morgan fingerprint density at radius 1 is 1.31 bits per heavy atom. The first-order valence-corrected chi connectivity index (χ1v) is 9.39. The normalized spacial score (nSPS) is 25.5. The van der Waals surface area contributed by atoms with E-state index in [4.69, 9.17) is 4.74 Å². The van der Waals surface area contributed by atoms with Crippen LogP contribution in [0.5, 0.6) is 0 Å². The van der Waals surface area contributed by atoms with Crippen LogP contribution in [-0.4, -0.2) is 49.6 Å². The Bertz CT molecular complexity index is 666. The van der Waals surface area contributed by atoms with Crippen molar-refractivity contribution in [3.8, 4) is 0 Å². The molecule has 0 aromatic heterocycles. The zero-order valence-corrected chi connectivity index (χ0v) is 15.3. The van der Waals surface area contributed by atoms with Gasteiger partial charge in [0.15, 0.2) is 0 Å². The Balaban J connectivity index is 1.50. The number of likely N-dealkylation sites (tertiary alicyclic amines) is 1. The van der Waals surface area contributed by atoms with Crippen molar-refractivity contribution in [2.75, 3.05) is 26.7 Å². The molecule has 2 aliphatic rings. The Labute approximate surface area is 153 Å². The van der Waals surface area contributed by atoms with Gasteiger partial charge in [0.1, 0.15) is 5.82 Å². The molecule has 1 spiro atoms. The van der Waals surface area contributed by atoms with Gasteiger partial charge in [-0.15, -0.1) is 0 Å². The molecule has 1 N–H and O–H groups in total. The summed E-state index contributed by atoms with van der Waals surface area (Å²) < 4.78 is 19.3. The maximum atomic E-state index is 13.6. The van der Waals surface area contributed by atoms with Gasteiger partial charge in [0, 0.05) is 38.6 Å². The predicted molar refractivity (Wildman–Crippen MR) is 96.2 cm³/mol. The number of amides is 2. The van der Waals surface area contributed by atoms with E-state index in [1.54, 1.807) is 13.2 Å². The zero-order valence-electron chi connectivity index (χ0n) is 15.3. The first-order valence-electron chi connectivity index (χ1n) is 9.39. The monoisotopic (exact) mass is 362 g/mol. The number of carbonyl (C=O) groups excluding carboxylic acids is 2. The van der Waals surface area contributed by atoms with Crippen molar-refractivity contribution in [1.29, 1.82) is 0 Å². The minimum absolute atomic E-state index is 0.00534. The van der Waals surface area contributed by atoms with Crippen molar-refractivity contribution in [2.45, 2.75) is 44.6 Å². The van der Waals surface area contributed by atoms with Crippen molar-refractivity contribution in [3.63, 3.8) is 0 Å². The summed E-state index contributed by atoms with van der Waals surface area (Å²) in [6, 6.07) is 5.84. The average molecular weight is 362 g/mol. The van der Waals surface area contributed by atoms with Crippen molar-refractivity contribution in [3.05, 3.63) is 35.6 Å². The lowest BCUT2D eigenvalue weighted by Gasteiger charge is -2.43. The van der Waals surface area contributed by atoms with Gasteiger partial charge in [0.25, 0.3) is 5.91 Å². The first kappa shape index (κ1) is 18.8. The van der Waals surface area contributed by atoms with Crippen LogP contribution >= 0.6 is 0 Å². The fourth-order valence-electron chi connectivity index (χ4n) is 4.50. The lowest BCUT2D eigenvalue weighted by Crippen LogP contribution is -2.50. The fraction of sp³-hybridized carbons (Fsp3) is 0.600. The van der Waals surface area contributed by atoms with E-state index in [1.807, 2.05) is 4.90 Å². The lowest BCUT2D eigenvalue weighted by atomic mass is 9.76. The highest BCUT2D eigenvalue weighted by atomic mass is 19.1. The predicted octanol–water partition coefficient (Wildman–Crippen LogP) is 2.75. The molecule has 1 aliphatic carbocycles. The molecule has 1 aromatic carbocycles. The van der Waals surface area contributed by atoms with Gasteiger partial charge in [-0.3, -0.25) is 9.59 Å². The van der Waals surface area contributed by atoms with Crippen LogP contribution in [0.1, 0.15) is 48.9 Å². The van der Waals surface area contributed by atoms with Crippen LogP contribution in [0.25, 0.3) is 0 Å². The van der Waals surface area contributed by atoms with E-state index in [0.29, 0.717) is 0 Å². The topological polar surface area (TPSA) is 58.6 Å². The molecule has 0 radical (unpaired) electrons. The molecule has 6 heteroatoms. The van der Waals surface area contributed by atoms with E-state index in [2.05, 4.69) is 5.32 Å². The summed E-state index contributed by atoms with van der Waals surface area (Å²) in [6.07, 6.45) is 5.90.